The number of nitrogens with zero attached hydrogens (tertiary/aromatic N) is 13. The van der Waals surface area contributed by atoms with Gasteiger partial charge in [0.15, 0.2) is 16.7 Å². The summed E-state index contributed by atoms with van der Waals surface area (Å²) in [4.78, 5) is 49.6. The maximum atomic E-state index is 6.99. The minimum atomic E-state index is 0.788. The summed E-state index contributed by atoms with van der Waals surface area (Å²) in [5, 5.41) is 17.4. The van der Waals surface area contributed by atoms with Gasteiger partial charge in [-0.15, -0.1) is 0 Å². The first-order valence-corrected chi connectivity index (χ1v) is 49.4. The molecule has 0 saturated heterocycles. The van der Waals surface area contributed by atoms with E-state index in [0.29, 0.717) is 0 Å². The zero-order valence-corrected chi connectivity index (χ0v) is 79.1. The van der Waals surface area contributed by atoms with E-state index in [2.05, 4.69) is 356 Å². The average molecular weight is 1900 g/mol. The third-order valence-corrected chi connectivity index (χ3v) is 28.5. The molecule has 31 aromatic rings. The van der Waals surface area contributed by atoms with Crippen molar-refractivity contribution in [1.82, 2.24) is 63.5 Å². The molecule has 0 bridgehead atoms. The molecule has 690 valence electrons. The van der Waals surface area contributed by atoms with Crippen molar-refractivity contribution in [3.8, 4) is 119 Å². The fourth-order valence-electron chi connectivity index (χ4n) is 21.7. The summed E-state index contributed by atoms with van der Waals surface area (Å²) in [6.07, 6.45) is 5.41. The van der Waals surface area contributed by atoms with Gasteiger partial charge in [-0.1, -0.05) is 328 Å². The highest BCUT2D eigenvalue weighted by Crippen LogP contribution is 2.50. The van der Waals surface area contributed by atoms with E-state index in [0.717, 1.165) is 294 Å². The van der Waals surface area contributed by atoms with Crippen LogP contribution in [0.4, 0.5) is 0 Å². The Morgan fingerprint density at radius 2 is 0.493 bits per heavy atom. The van der Waals surface area contributed by atoms with Crippen LogP contribution in [0.15, 0.2) is 493 Å². The molecule has 0 unspecified atom stereocenters. The molecule has 31 rings (SSSR count). The van der Waals surface area contributed by atoms with Crippen molar-refractivity contribution in [3.05, 3.63) is 480 Å². The minimum Gasteiger partial charge on any atom is -0.437 e. The van der Waals surface area contributed by atoms with Gasteiger partial charge < -0.3 is 13.3 Å². The van der Waals surface area contributed by atoms with E-state index in [9.17, 15) is 0 Å². The number of hydrogen-bond acceptors (Lipinski definition) is 13. The molecule has 16 heteroatoms. The Kier molecular flexibility index (Phi) is 19.9. The van der Waals surface area contributed by atoms with Crippen LogP contribution in [0.2, 0.25) is 0 Å². The Hall–Kier alpha value is -20.4. The lowest BCUT2D eigenvalue weighted by molar-refractivity contribution is 0.645. The standard InChI is InChI=1S/C47H28N4O.C44H27N5O.C41H24N4O/c1-3-12-29(13-4-1)37-26-24-31-22-23-32-25-27-38(49-44(32)43(31)48-37)33-16-11-17-34(28-33)51-40-21-10-8-19-36(40)42-41-35-18-7-9-20-39(35)50-45(46(41)52-47(42)51)30-14-5-2-6-15-30;1-2-12-29(13-3-1)42-43-40(32-14-4-6-16-34(32)48-42)41-33-15-5-7-19-39(33)49(44(41)50-43)31-22-20-28(21-23-31)30-26-37(35-17-8-10-24-45-35)47-38(27-30)36-18-9-11-25-46-36;1-2-9-26(10-3-1)39-40-35(30-12-4-6-14-33(30)44-39)36-31-13-5-7-15-34(31)45(41(36)46-40)29-21-18-25(19-22-29)32-23-20-28-17-16-27-11-8-24-42-37(27)38(28)43-32/h1-28H;1-27H;1-24H. The molecule has 0 aliphatic carbocycles. The summed E-state index contributed by atoms with van der Waals surface area (Å²) in [5.74, 6) is 0. The summed E-state index contributed by atoms with van der Waals surface area (Å²) in [5.41, 5.74) is 34.2. The van der Waals surface area contributed by atoms with E-state index in [1.54, 1.807) is 12.4 Å². The number of rotatable bonds is 12. The zero-order chi connectivity index (χ0) is 97.4. The highest BCUT2D eigenvalue weighted by Gasteiger charge is 2.30. The Morgan fingerprint density at radius 3 is 0.905 bits per heavy atom. The van der Waals surface area contributed by atoms with Gasteiger partial charge in [-0.2, -0.15) is 0 Å². The molecule has 0 aliphatic rings. The van der Waals surface area contributed by atoms with Gasteiger partial charge in [0.05, 0.1) is 111 Å². The number of para-hydroxylation sites is 6. The Bertz CT molecular complexity index is 10700. The van der Waals surface area contributed by atoms with Crippen molar-refractivity contribution in [2.24, 2.45) is 0 Å². The average Bonchev–Trinajstić information content (AvgIpc) is 1.55. The molecule has 0 spiro atoms. The quantitative estimate of drug-likeness (QED) is 0.105. The molecule has 16 nitrogen and oxygen atoms in total. The fourth-order valence-corrected chi connectivity index (χ4v) is 21.7. The van der Waals surface area contributed by atoms with Gasteiger partial charge in [0.1, 0.15) is 17.1 Å². The molecule has 16 aromatic heterocycles. The van der Waals surface area contributed by atoms with Crippen LogP contribution in [0.3, 0.4) is 0 Å². The third kappa shape index (κ3) is 14.1. The SMILES string of the molecule is c1ccc(-c2ccc3ccc4ccc(-c5cccc(-n6c7ccccc7c7c8c(oc76)c(-c6ccccc6)nc6ccccc68)c5)nc4c3n2)cc1.c1ccc(-c2nc3ccccc3c3c2oc2c3c3ccccc3n2-c2ccc(-c3cc(-c4ccccn4)nc(-c4ccccn4)c3)cc2)cc1.c1ccc(-c2nc3ccccc3c3c2oc2c3c3ccccc3n2-c2ccc(-c3ccc4ccc5cccnc5c4n3)cc2)cc1. The van der Waals surface area contributed by atoms with Crippen LogP contribution < -0.4 is 0 Å². The molecule has 16 heterocycles. The summed E-state index contributed by atoms with van der Waals surface area (Å²) in [6.45, 7) is 0. The van der Waals surface area contributed by atoms with Gasteiger partial charge in [0.25, 0.3) is 0 Å². The summed E-state index contributed by atoms with van der Waals surface area (Å²) >= 11 is 0. The normalized spacial score (nSPS) is 11.8. The molecule has 0 atom stereocenters. The number of furan rings is 3. The van der Waals surface area contributed by atoms with E-state index in [4.69, 9.17) is 48.1 Å². The number of pyridine rings is 10. The van der Waals surface area contributed by atoms with E-state index in [1.807, 2.05) is 140 Å². The minimum absolute atomic E-state index is 0.788. The molecule has 0 N–H and O–H groups in total. The second kappa shape index (κ2) is 34.8. The molecule has 0 amide bonds. The number of fused-ring (bicyclic) bond motifs is 27. The van der Waals surface area contributed by atoms with Crippen LogP contribution in [0.1, 0.15) is 0 Å². The van der Waals surface area contributed by atoms with Crippen LogP contribution in [-0.2, 0) is 0 Å². The van der Waals surface area contributed by atoms with Crippen LogP contribution in [0, 0.1) is 0 Å². The lowest BCUT2D eigenvalue weighted by atomic mass is 10.0. The molecule has 0 fully saturated rings. The van der Waals surface area contributed by atoms with Crippen molar-refractivity contribution >= 4 is 175 Å². The van der Waals surface area contributed by atoms with E-state index < -0.39 is 0 Å². The topological polar surface area (TPSA) is 183 Å². The molecule has 15 aromatic carbocycles. The summed E-state index contributed by atoms with van der Waals surface area (Å²) < 4.78 is 27.5. The first-order valence-electron chi connectivity index (χ1n) is 49.4. The summed E-state index contributed by atoms with van der Waals surface area (Å²) in [7, 11) is 0. The molecule has 0 aliphatic heterocycles. The first kappa shape index (κ1) is 84.5. The largest absolute Gasteiger partial charge is 0.437 e. The number of hydrogen-bond donors (Lipinski definition) is 0. The van der Waals surface area contributed by atoms with Crippen LogP contribution in [0.5, 0.6) is 0 Å². The molecule has 0 radical (unpaired) electrons. The smallest absolute Gasteiger partial charge is 0.213 e. The van der Waals surface area contributed by atoms with Gasteiger partial charge >= 0.3 is 0 Å². The lowest BCUT2D eigenvalue weighted by Crippen LogP contribution is -1.95. The van der Waals surface area contributed by atoms with Crippen LogP contribution >= 0.6 is 0 Å². The highest BCUT2D eigenvalue weighted by molar-refractivity contribution is 6.32. The predicted molar refractivity (Wildman–Crippen MR) is 601 cm³/mol. The Balaban J connectivity index is 0.000000105. The fraction of sp³-hybridized carbons (Fsp3) is 0. The van der Waals surface area contributed by atoms with Crippen LogP contribution in [-0.4, -0.2) is 63.5 Å². The van der Waals surface area contributed by atoms with Gasteiger partial charge in [-0.05, 0) is 145 Å². The Labute approximate surface area is 844 Å². The number of aromatic nitrogens is 13. The van der Waals surface area contributed by atoms with E-state index in [-0.39, 0.29) is 0 Å². The molecule has 148 heavy (non-hydrogen) atoms. The lowest BCUT2D eigenvalue weighted by Gasteiger charge is -2.11. The predicted octanol–water partition coefficient (Wildman–Crippen LogP) is 33.6. The monoisotopic (exact) mass is 1890 g/mol. The molecule has 0 saturated carbocycles. The van der Waals surface area contributed by atoms with Crippen molar-refractivity contribution in [1.29, 1.82) is 0 Å². The third-order valence-electron chi connectivity index (χ3n) is 28.5. The second-order valence-corrected chi connectivity index (χ2v) is 37.1. The van der Waals surface area contributed by atoms with Crippen molar-refractivity contribution in [2.45, 2.75) is 0 Å². The van der Waals surface area contributed by atoms with Crippen molar-refractivity contribution < 1.29 is 13.3 Å². The Morgan fingerprint density at radius 1 is 0.169 bits per heavy atom. The van der Waals surface area contributed by atoms with Gasteiger partial charge in [0.2, 0.25) is 17.1 Å². The molecular weight excluding hydrogens is 1820 g/mol. The van der Waals surface area contributed by atoms with Crippen molar-refractivity contribution in [3.63, 3.8) is 0 Å². The highest BCUT2D eigenvalue weighted by atomic mass is 16.4. The van der Waals surface area contributed by atoms with Gasteiger partial charge in [-0.3, -0.25) is 28.7 Å². The first-order chi connectivity index (χ1) is 73.4. The molecular formula is C132H79N13O3. The van der Waals surface area contributed by atoms with Gasteiger partial charge in [-0.25, -0.2) is 34.9 Å². The maximum absolute atomic E-state index is 6.99. The van der Waals surface area contributed by atoms with Gasteiger partial charge in [0, 0.05) is 139 Å². The number of benzene rings is 15. The van der Waals surface area contributed by atoms with Crippen LogP contribution in [0.25, 0.3) is 294 Å². The zero-order valence-electron chi connectivity index (χ0n) is 79.1. The maximum Gasteiger partial charge on any atom is 0.213 e. The second-order valence-electron chi connectivity index (χ2n) is 37.1. The van der Waals surface area contributed by atoms with Crippen molar-refractivity contribution in [2.75, 3.05) is 0 Å². The summed E-state index contributed by atoms with van der Waals surface area (Å²) in [6, 6.07) is 159. The van der Waals surface area contributed by atoms with E-state index in [1.165, 1.54) is 0 Å². The van der Waals surface area contributed by atoms with E-state index >= 15 is 0 Å².